The van der Waals surface area contributed by atoms with E-state index in [2.05, 4.69) is 109 Å². The first-order chi connectivity index (χ1) is 15.2. The van der Waals surface area contributed by atoms with Crippen LogP contribution in [0.2, 0.25) is 0 Å². The van der Waals surface area contributed by atoms with Gasteiger partial charge in [0.05, 0.1) is 5.54 Å². The molecule has 0 aliphatic carbocycles. The normalized spacial score (nSPS) is 12.8. The quantitative estimate of drug-likeness (QED) is 0.392. The van der Waals surface area contributed by atoms with Crippen molar-refractivity contribution < 1.29 is 0 Å². The van der Waals surface area contributed by atoms with Crippen LogP contribution in [0.5, 0.6) is 0 Å². The van der Waals surface area contributed by atoms with E-state index in [1.54, 1.807) is 0 Å². The Labute approximate surface area is 183 Å². The Hall–Kier alpha value is -3.46. The first kappa shape index (κ1) is 19.5. The average Bonchev–Trinajstić information content (AvgIpc) is 2.83. The molecule has 0 saturated carbocycles. The molecule has 1 atom stereocenters. The van der Waals surface area contributed by atoms with Gasteiger partial charge in [-0.05, 0) is 44.7 Å². The van der Waals surface area contributed by atoms with E-state index in [0.717, 1.165) is 21.9 Å². The maximum absolute atomic E-state index is 7.44. The zero-order valence-electron chi connectivity index (χ0n) is 17.4. The van der Waals surface area contributed by atoms with Gasteiger partial charge in [0, 0.05) is 6.04 Å². The lowest BCUT2D eigenvalue weighted by molar-refractivity contribution is 0.423. The zero-order chi connectivity index (χ0) is 21.3. The number of nitrogens with two attached hydrogens (primary N) is 2. The molecular weight excluding hydrogens is 376 g/mol. The van der Waals surface area contributed by atoms with Crippen LogP contribution in [0.25, 0.3) is 21.5 Å². The second kappa shape index (κ2) is 7.99. The van der Waals surface area contributed by atoms with Gasteiger partial charge in [0.15, 0.2) is 0 Å². The molecule has 0 aliphatic rings. The first-order valence-corrected chi connectivity index (χ1v) is 10.7. The summed E-state index contributed by atoms with van der Waals surface area (Å²) < 4.78 is 0. The van der Waals surface area contributed by atoms with E-state index >= 15 is 0 Å². The Bertz CT molecular complexity index is 1250. The lowest BCUT2D eigenvalue weighted by Gasteiger charge is -2.38. The number of benzene rings is 5. The van der Waals surface area contributed by atoms with Gasteiger partial charge in [0.1, 0.15) is 0 Å². The van der Waals surface area contributed by atoms with E-state index in [-0.39, 0.29) is 6.04 Å². The summed E-state index contributed by atoms with van der Waals surface area (Å²) in [4.78, 5) is 0. The van der Waals surface area contributed by atoms with Gasteiger partial charge in [-0.1, -0.05) is 115 Å². The van der Waals surface area contributed by atoms with E-state index in [1.807, 2.05) is 6.07 Å². The van der Waals surface area contributed by atoms with Crippen molar-refractivity contribution in [2.24, 2.45) is 11.5 Å². The van der Waals surface area contributed by atoms with Crippen molar-refractivity contribution in [1.29, 1.82) is 0 Å². The largest absolute Gasteiger partial charge is 0.325 e. The summed E-state index contributed by atoms with van der Waals surface area (Å²) in [6.45, 7) is 0. The predicted molar refractivity (Wildman–Crippen MR) is 131 cm³/mol. The number of rotatable bonds is 5. The minimum absolute atomic E-state index is 0.313. The Balaban J connectivity index is 1.78. The molecule has 4 N–H and O–H groups in total. The molecule has 5 aromatic rings. The van der Waals surface area contributed by atoms with Crippen LogP contribution in [0.1, 0.15) is 16.7 Å². The molecule has 1 unspecified atom stereocenters. The summed E-state index contributed by atoms with van der Waals surface area (Å²) in [6.07, 6.45) is 0.684. The molecule has 2 nitrogen and oxygen atoms in total. The van der Waals surface area contributed by atoms with Crippen LogP contribution < -0.4 is 11.5 Å². The van der Waals surface area contributed by atoms with Gasteiger partial charge in [-0.2, -0.15) is 0 Å². The summed E-state index contributed by atoms with van der Waals surface area (Å²) in [5.74, 6) is 0. The van der Waals surface area contributed by atoms with E-state index < -0.39 is 5.54 Å². The third kappa shape index (κ3) is 3.40. The SMILES string of the molecule is NC(Cc1ccccc1)C(N)(c1cccc2ccccc12)c1cccc2ccccc12. The molecule has 0 aliphatic heterocycles. The van der Waals surface area contributed by atoms with Crippen LogP contribution in [0.4, 0.5) is 0 Å². The minimum Gasteiger partial charge on any atom is -0.325 e. The predicted octanol–water partition coefficient (Wildman–Crippen LogP) is 5.77. The summed E-state index contributed by atoms with van der Waals surface area (Å²) in [5.41, 5.74) is 16.9. The molecule has 0 bridgehead atoms. The van der Waals surface area contributed by atoms with Gasteiger partial charge >= 0.3 is 0 Å². The van der Waals surface area contributed by atoms with Crippen LogP contribution in [0.3, 0.4) is 0 Å². The maximum Gasteiger partial charge on any atom is 0.0834 e. The minimum atomic E-state index is -0.864. The number of hydrogen-bond acceptors (Lipinski definition) is 2. The van der Waals surface area contributed by atoms with Gasteiger partial charge in [-0.25, -0.2) is 0 Å². The molecule has 0 heterocycles. The summed E-state index contributed by atoms with van der Waals surface area (Å²) in [5, 5.41) is 4.62. The Morgan fingerprint density at radius 3 is 1.55 bits per heavy atom. The fourth-order valence-corrected chi connectivity index (χ4v) is 4.75. The van der Waals surface area contributed by atoms with Crippen LogP contribution >= 0.6 is 0 Å². The summed E-state index contributed by atoms with van der Waals surface area (Å²) in [6, 6.07) is 39.6. The van der Waals surface area contributed by atoms with Gasteiger partial charge in [0.25, 0.3) is 0 Å². The molecule has 5 rings (SSSR count). The van der Waals surface area contributed by atoms with Crippen LogP contribution in [-0.2, 0) is 12.0 Å². The van der Waals surface area contributed by atoms with Crippen molar-refractivity contribution in [2.45, 2.75) is 18.0 Å². The molecule has 5 aromatic carbocycles. The third-order valence-corrected chi connectivity index (χ3v) is 6.35. The van der Waals surface area contributed by atoms with Crippen molar-refractivity contribution in [3.63, 3.8) is 0 Å². The van der Waals surface area contributed by atoms with Crippen LogP contribution in [0.15, 0.2) is 115 Å². The highest BCUT2D eigenvalue weighted by Gasteiger charge is 2.38. The Morgan fingerprint density at radius 1 is 0.548 bits per heavy atom. The van der Waals surface area contributed by atoms with Crippen molar-refractivity contribution >= 4 is 21.5 Å². The smallest absolute Gasteiger partial charge is 0.0834 e. The summed E-state index contributed by atoms with van der Waals surface area (Å²) >= 11 is 0. The van der Waals surface area contributed by atoms with Gasteiger partial charge < -0.3 is 11.5 Å². The van der Waals surface area contributed by atoms with Crippen molar-refractivity contribution in [2.75, 3.05) is 0 Å². The Morgan fingerprint density at radius 2 is 1.00 bits per heavy atom. The fraction of sp³-hybridized carbons (Fsp3) is 0.103. The van der Waals surface area contributed by atoms with Crippen LogP contribution in [0, 0.1) is 0 Å². The molecule has 2 heteroatoms. The average molecular weight is 403 g/mol. The highest BCUT2D eigenvalue weighted by molar-refractivity contribution is 5.91. The van der Waals surface area contributed by atoms with Crippen molar-refractivity contribution in [3.8, 4) is 0 Å². The maximum atomic E-state index is 7.44. The van der Waals surface area contributed by atoms with E-state index in [9.17, 15) is 0 Å². The van der Waals surface area contributed by atoms with E-state index in [1.165, 1.54) is 16.3 Å². The molecule has 0 spiro atoms. The fourth-order valence-electron chi connectivity index (χ4n) is 4.75. The second-order valence-corrected chi connectivity index (χ2v) is 8.22. The zero-order valence-corrected chi connectivity index (χ0v) is 17.4. The molecule has 0 fully saturated rings. The highest BCUT2D eigenvalue weighted by Crippen LogP contribution is 2.38. The lowest BCUT2D eigenvalue weighted by atomic mass is 9.73. The standard InChI is InChI=1S/C29H26N2/c30-28(20-21-10-2-1-3-11-21)29(31,26-18-8-14-22-12-4-6-16-24(22)26)27-19-9-15-23-13-5-7-17-25(23)27/h1-19,28H,20,30-31H2. The van der Waals surface area contributed by atoms with Crippen molar-refractivity contribution in [1.82, 2.24) is 0 Å². The number of fused-ring (bicyclic) bond motifs is 2. The van der Waals surface area contributed by atoms with Crippen LogP contribution in [-0.4, -0.2) is 6.04 Å². The highest BCUT2D eigenvalue weighted by atomic mass is 14.9. The van der Waals surface area contributed by atoms with E-state index in [0.29, 0.717) is 6.42 Å². The topological polar surface area (TPSA) is 52.0 Å². The molecule has 0 aromatic heterocycles. The molecule has 152 valence electrons. The molecule has 0 radical (unpaired) electrons. The summed E-state index contributed by atoms with van der Waals surface area (Å²) in [7, 11) is 0. The molecule has 31 heavy (non-hydrogen) atoms. The lowest BCUT2D eigenvalue weighted by Crippen LogP contribution is -2.54. The van der Waals surface area contributed by atoms with E-state index in [4.69, 9.17) is 11.5 Å². The molecular formula is C29H26N2. The Kier molecular flexibility index (Phi) is 5.03. The van der Waals surface area contributed by atoms with Gasteiger partial charge in [0.2, 0.25) is 0 Å². The van der Waals surface area contributed by atoms with Gasteiger partial charge in [-0.15, -0.1) is 0 Å². The first-order valence-electron chi connectivity index (χ1n) is 10.7. The molecule has 0 saturated heterocycles. The van der Waals surface area contributed by atoms with Gasteiger partial charge in [-0.3, -0.25) is 0 Å². The van der Waals surface area contributed by atoms with Crippen molar-refractivity contribution in [3.05, 3.63) is 132 Å². The third-order valence-electron chi connectivity index (χ3n) is 6.35. The number of hydrogen-bond donors (Lipinski definition) is 2. The monoisotopic (exact) mass is 402 g/mol. The molecule has 0 amide bonds. The second-order valence-electron chi connectivity index (χ2n) is 8.22.